The number of carbonyl (C=O) groups excluding carboxylic acids is 1. The number of nitrogens with one attached hydrogen (secondary N) is 2. The van der Waals surface area contributed by atoms with E-state index in [1.54, 1.807) is 24.3 Å². The zero-order valence-corrected chi connectivity index (χ0v) is 18.7. The summed E-state index contributed by atoms with van der Waals surface area (Å²) in [5, 5.41) is 5.45. The number of aryl methyl sites for hydroxylation is 1. The molecule has 3 aromatic carbocycles. The van der Waals surface area contributed by atoms with E-state index in [-0.39, 0.29) is 28.2 Å². The fourth-order valence-electron chi connectivity index (χ4n) is 2.99. The third kappa shape index (κ3) is 5.27. The van der Waals surface area contributed by atoms with Gasteiger partial charge in [0.1, 0.15) is 11.3 Å². The lowest BCUT2D eigenvalue weighted by molar-refractivity contribution is -0.121. The van der Waals surface area contributed by atoms with Crippen LogP contribution in [0.1, 0.15) is 5.56 Å². The number of carbonyl (C=O) groups is 1. The van der Waals surface area contributed by atoms with Crippen molar-refractivity contribution in [2.45, 2.75) is 6.92 Å². The van der Waals surface area contributed by atoms with Crippen LogP contribution in [0.3, 0.4) is 0 Å². The van der Waals surface area contributed by atoms with Gasteiger partial charge in [-0.1, -0.05) is 29.8 Å². The average Bonchev–Trinajstić information content (AvgIpc) is 3.18. The summed E-state index contributed by atoms with van der Waals surface area (Å²) in [7, 11) is 0. The van der Waals surface area contributed by atoms with Crippen molar-refractivity contribution in [3.8, 4) is 17.2 Å². The number of halogens is 3. The molecule has 6 nitrogen and oxygen atoms in total. The van der Waals surface area contributed by atoms with E-state index in [9.17, 15) is 13.6 Å². The molecule has 0 saturated carbocycles. The molecule has 33 heavy (non-hydrogen) atoms. The number of nitrogens with zero attached hydrogens (tertiary/aromatic N) is 1. The van der Waals surface area contributed by atoms with Crippen LogP contribution in [-0.2, 0) is 4.79 Å². The van der Waals surface area contributed by atoms with Crippen LogP contribution in [0.15, 0.2) is 59.0 Å². The van der Waals surface area contributed by atoms with Gasteiger partial charge in [-0.25, -0.2) is 13.8 Å². The molecule has 1 aromatic heterocycles. The van der Waals surface area contributed by atoms with Gasteiger partial charge in [0.2, 0.25) is 5.89 Å². The monoisotopic (exact) mass is 487 g/mol. The summed E-state index contributed by atoms with van der Waals surface area (Å²) in [5.41, 5.74) is 2.39. The standard InChI is InChI=1S/C23H16ClF2N3O3S/c1-12-4-2-3-5-19(12)31-11-21(30)29-23(33)27-13-6-7-20-18(8-13)28-22(32-20)14-9-16(25)17(26)10-15(14)24/h2-10H,11H2,1H3,(H2,27,29,30,33). The smallest absolute Gasteiger partial charge is 0.264 e. The molecule has 168 valence electrons. The predicted molar refractivity (Wildman–Crippen MR) is 125 cm³/mol. The SMILES string of the molecule is Cc1ccccc1OCC(=O)NC(=S)Nc1ccc2oc(-c3cc(F)c(F)cc3Cl)nc2c1. The molecule has 2 N–H and O–H groups in total. The van der Waals surface area contributed by atoms with Gasteiger partial charge in [0.25, 0.3) is 5.91 Å². The van der Waals surface area contributed by atoms with Crippen LogP contribution in [0.25, 0.3) is 22.6 Å². The molecule has 0 aliphatic rings. The first-order chi connectivity index (χ1) is 15.8. The number of rotatable bonds is 5. The van der Waals surface area contributed by atoms with Gasteiger partial charge in [0.15, 0.2) is 28.9 Å². The van der Waals surface area contributed by atoms with Crippen molar-refractivity contribution in [2.24, 2.45) is 0 Å². The Morgan fingerprint density at radius 2 is 1.91 bits per heavy atom. The molecule has 0 saturated heterocycles. The van der Waals surface area contributed by atoms with Crippen LogP contribution in [0, 0.1) is 18.6 Å². The zero-order valence-electron chi connectivity index (χ0n) is 17.1. The summed E-state index contributed by atoms with van der Waals surface area (Å²) in [5.74, 6) is -1.90. The Balaban J connectivity index is 1.41. The molecule has 4 rings (SSSR count). The highest BCUT2D eigenvalue weighted by molar-refractivity contribution is 7.80. The number of aromatic nitrogens is 1. The number of hydrogen-bond acceptors (Lipinski definition) is 5. The largest absolute Gasteiger partial charge is 0.483 e. The van der Waals surface area contributed by atoms with Crippen molar-refractivity contribution in [2.75, 3.05) is 11.9 Å². The van der Waals surface area contributed by atoms with E-state index < -0.39 is 17.5 Å². The predicted octanol–water partition coefficient (Wildman–Crippen LogP) is 5.63. The van der Waals surface area contributed by atoms with Crippen molar-refractivity contribution in [3.05, 3.63) is 76.8 Å². The topological polar surface area (TPSA) is 76.4 Å². The minimum absolute atomic E-state index is 0.0318. The van der Waals surface area contributed by atoms with Crippen molar-refractivity contribution < 1.29 is 22.7 Å². The Labute approximate surface area is 197 Å². The molecule has 0 spiro atoms. The molecule has 0 bridgehead atoms. The van der Waals surface area contributed by atoms with E-state index >= 15 is 0 Å². The second-order valence-corrected chi connectivity index (χ2v) is 7.82. The van der Waals surface area contributed by atoms with Crippen LogP contribution in [0.2, 0.25) is 5.02 Å². The van der Waals surface area contributed by atoms with Crippen molar-refractivity contribution in [3.63, 3.8) is 0 Å². The Morgan fingerprint density at radius 3 is 2.70 bits per heavy atom. The summed E-state index contributed by atoms with van der Waals surface area (Å²) in [6, 6.07) is 14.0. The summed E-state index contributed by atoms with van der Waals surface area (Å²) in [6.45, 7) is 1.68. The number of para-hydroxylation sites is 1. The molecule has 0 aliphatic carbocycles. The maximum atomic E-state index is 13.6. The van der Waals surface area contributed by atoms with E-state index in [2.05, 4.69) is 15.6 Å². The number of ether oxygens (including phenoxy) is 1. The van der Waals surface area contributed by atoms with Gasteiger partial charge in [-0.15, -0.1) is 0 Å². The lowest BCUT2D eigenvalue weighted by Crippen LogP contribution is -2.37. The molecule has 0 unspecified atom stereocenters. The van der Waals surface area contributed by atoms with E-state index in [4.69, 9.17) is 33.0 Å². The van der Waals surface area contributed by atoms with Crippen LogP contribution < -0.4 is 15.4 Å². The minimum Gasteiger partial charge on any atom is -0.483 e. The minimum atomic E-state index is -1.06. The lowest BCUT2D eigenvalue weighted by Gasteiger charge is -2.11. The fraction of sp³-hybridized carbons (Fsp3) is 0.0870. The highest BCUT2D eigenvalue weighted by Crippen LogP contribution is 2.32. The number of hydrogen-bond donors (Lipinski definition) is 2. The third-order valence-corrected chi connectivity index (χ3v) is 5.11. The number of anilines is 1. The van der Waals surface area contributed by atoms with Crippen LogP contribution >= 0.6 is 23.8 Å². The van der Waals surface area contributed by atoms with Gasteiger partial charge in [0.05, 0.1) is 10.6 Å². The van der Waals surface area contributed by atoms with Gasteiger partial charge in [0, 0.05) is 5.69 Å². The highest BCUT2D eigenvalue weighted by atomic mass is 35.5. The average molecular weight is 488 g/mol. The second-order valence-electron chi connectivity index (χ2n) is 7.00. The summed E-state index contributed by atoms with van der Waals surface area (Å²) < 4.78 is 38.0. The third-order valence-electron chi connectivity index (χ3n) is 4.59. The summed E-state index contributed by atoms with van der Waals surface area (Å²) in [6.07, 6.45) is 0. The Morgan fingerprint density at radius 1 is 1.15 bits per heavy atom. The molecule has 0 fully saturated rings. The van der Waals surface area contributed by atoms with Crippen molar-refractivity contribution in [1.82, 2.24) is 10.3 Å². The molecule has 0 radical (unpaired) electrons. The first-order valence-electron chi connectivity index (χ1n) is 9.65. The molecular formula is C23H16ClF2N3O3S. The Kier molecular flexibility index (Phi) is 6.52. The molecular weight excluding hydrogens is 472 g/mol. The summed E-state index contributed by atoms with van der Waals surface area (Å²) >= 11 is 11.2. The Bertz CT molecular complexity index is 1380. The van der Waals surface area contributed by atoms with Crippen molar-refractivity contribution in [1.29, 1.82) is 0 Å². The molecule has 1 heterocycles. The zero-order chi connectivity index (χ0) is 23.5. The number of thiocarbonyl (C=S) groups is 1. The fourth-order valence-corrected chi connectivity index (χ4v) is 3.46. The number of fused-ring (bicyclic) bond motifs is 1. The highest BCUT2D eigenvalue weighted by Gasteiger charge is 2.16. The molecule has 0 aliphatic heterocycles. The van der Waals surface area contributed by atoms with Gasteiger partial charge < -0.3 is 14.5 Å². The lowest BCUT2D eigenvalue weighted by atomic mass is 10.2. The maximum Gasteiger partial charge on any atom is 0.264 e. The van der Waals surface area contributed by atoms with E-state index in [0.29, 0.717) is 22.5 Å². The molecule has 4 aromatic rings. The van der Waals surface area contributed by atoms with Crippen LogP contribution in [0.4, 0.5) is 14.5 Å². The quantitative estimate of drug-likeness (QED) is 0.281. The van der Waals surface area contributed by atoms with Crippen molar-refractivity contribution >= 4 is 51.6 Å². The Hall–Kier alpha value is -3.56. The molecule has 0 atom stereocenters. The van der Waals surface area contributed by atoms with Crippen LogP contribution in [0.5, 0.6) is 5.75 Å². The number of benzene rings is 3. The van der Waals surface area contributed by atoms with Gasteiger partial charge in [-0.05, 0) is 61.1 Å². The van der Waals surface area contributed by atoms with Gasteiger partial charge >= 0.3 is 0 Å². The van der Waals surface area contributed by atoms with E-state index in [1.807, 2.05) is 25.1 Å². The first kappa shape index (κ1) is 22.6. The van der Waals surface area contributed by atoms with E-state index in [1.165, 1.54) is 0 Å². The molecule has 10 heteroatoms. The normalized spacial score (nSPS) is 10.8. The number of oxazole rings is 1. The van der Waals surface area contributed by atoms with E-state index in [0.717, 1.165) is 17.7 Å². The number of amides is 1. The van der Waals surface area contributed by atoms with Gasteiger partial charge in [-0.3, -0.25) is 10.1 Å². The molecule has 1 amide bonds. The first-order valence-corrected chi connectivity index (χ1v) is 10.4. The maximum absolute atomic E-state index is 13.6. The van der Waals surface area contributed by atoms with Crippen LogP contribution in [-0.4, -0.2) is 22.6 Å². The van der Waals surface area contributed by atoms with Gasteiger partial charge in [-0.2, -0.15) is 0 Å². The second kappa shape index (κ2) is 9.51. The summed E-state index contributed by atoms with van der Waals surface area (Å²) in [4.78, 5) is 16.4.